The summed E-state index contributed by atoms with van der Waals surface area (Å²) < 4.78 is 0. The quantitative estimate of drug-likeness (QED) is 0.522. The Morgan fingerprint density at radius 1 is 0.971 bits per heavy atom. The van der Waals surface area contributed by atoms with Crippen molar-refractivity contribution in [2.24, 2.45) is 5.92 Å². The summed E-state index contributed by atoms with van der Waals surface area (Å²) in [5.74, 6) is 0.161. The zero-order valence-corrected chi connectivity index (χ0v) is 20.8. The largest absolute Gasteiger partial charge is 0.366 e. The number of hydrogen-bond donors (Lipinski definition) is 1. The third-order valence-electron chi connectivity index (χ3n) is 7.38. The van der Waals surface area contributed by atoms with Gasteiger partial charge >= 0.3 is 0 Å². The van der Waals surface area contributed by atoms with Gasteiger partial charge in [0, 0.05) is 43.5 Å². The number of benzene rings is 2. The lowest BCUT2D eigenvalue weighted by Crippen LogP contribution is -2.38. The maximum absolute atomic E-state index is 13.7. The normalized spacial score (nSPS) is 16.6. The van der Waals surface area contributed by atoms with Gasteiger partial charge < -0.3 is 15.1 Å². The average Bonchev–Trinajstić information content (AvgIpc) is 2.89. The Morgan fingerprint density at radius 3 is 2.47 bits per heavy atom. The summed E-state index contributed by atoms with van der Waals surface area (Å²) in [7, 11) is 0. The molecular formula is C29H39N3O2. The Balaban J connectivity index is 1.61. The van der Waals surface area contributed by atoms with Crippen molar-refractivity contribution in [3.05, 3.63) is 59.2 Å². The topological polar surface area (TPSA) is 52.7 Å². The molecule has 34 heavy (non-hydrogen) atoms. The van der Waals surface area contributed by atoms with E-state index in [9.17, 15) is 9.59 Å². The van der Waals surface area contributed by atoms with Crippen molar-refractivity contribution in [1.29, 1.82) is 0 Å². The van der Waals surface area contributed by atoms with Crippen molar-refractivity contribution in [2.75, 3.05) is 29.9 Å². The Bertz CT molecular complexity index is 997. The lowest BCUT2D eigenvalue weighted by atomic mass is 9.97. The number of nitrogens with zero attached hydrogens (tertiary/aromatic N) is 2. The maximum Gasteiger partial charge on any atom is 0.256 e. The van der Waals surface area contributed by atoms with Gasteiger partial charge in [0.15, 0.2) is 0 Å². The molecule has 2 amide bonds. The highest BCUT2D eigenvalue weighted by molar-refractivity contribution is 6.02. The second-order valence-electron chi connectivity index (χ2n) is 9.76. The average molecular weight is 462 g/mol. The summed E-state index contributed by atoms with van der Waals surface area (Å²) >= 11 is 0. The Kier molecular flexibility index (Phi) is 8.25. The third kappa shape index (κ3) is 5.63. The second kappa shape index (κ2) is 11.5. The molecule has 1 atom stereocenters. The van der Waals surface area contributed by atoms with Crippen LogP contribution in [0.4, 0.5) is 11.4 Å². The number of carbonyl (C=O) groups excluding carboxylic acids is 2. The summed E-state index contributed by atoms with van der Waals surface area (Å²) in [6.45, 7) is 7.54. The van der Waals surface area contributed by atoms with Crippen LogP contribution >= 0.6 is 0 Å². The number of likely N-dealkylation sites (tertiary alicyclic amines) is 1. The van der Waals surface area contributed by atoms with E-state index in [1.165, 1.54) is 17.5 Å². The van der Waals surface area contributed by atoms with Gasteiger partial charge in [-0.1, -0.05) is 51.0 Å². The lowest BCUT2D eigenvalue weighted by molar-refractivity contribution is -0.120. The van der Waals surface area contributed by atoms with Gasteiger partial charge in [-0.25, -0.2) is 0 Å². The molecule has 0 saturated carbocycles. The third-order valence-corrected chi connectivity index (χ3v) is 7.38. The van der Waals surface area contributed by atoms with E-state index in [-0.39, 0.29) is 17.7 Å². The first-order valence-electron chi connectivity index (χ1n) is 13.2. The van der Waals surface area contributed by atoms with Gasteiger partial charge in [0.1, 0.15) is 0 Å². The van der Waals surface area contributed by atoms with Crippen LogP contribution in [-0.4, -0.2) is 36.3 Å². The molecule has 2 aromatic carbocycles. The monoisotopic (exact) mass is 461 g/mol. The molecule has 0 aliphatic carbocycles. The van der Waals surface area contributed by atoms with E-state index >= 15 is 0 Å². The molecule has 5 nitrogen and oxygen atoms in total. The highest BCUT2D eigenvalue weighted by atomic mass is 16.2. The van der Waals surface area contributed by atoms with E-state index < -0.39 is 0 Å². The molecule has 0 spiro atoms. The number of amides is 2. The van der Waals surface area contributed by atoms with Crippen molar-refractivity contribution in [2.45, 2.75) is 71.8 Å². The Morgan fingerprint density at radius 2 is 1.74 bits per heavy atom. The van der Waals surface area contributed by atoms with Crippen LogP contribution < -0.4 is 10.2 Å². The lowest BCUT2D eigenvalue weighted by Gasteiger charge is -2.34. The molecule has 182 valence electrons. The van der Waals surface area contributed by atoms with Crippen LogP contribution in [0, 0.1) is 5.92 Å². The highest BCUT2D eigenvalue weighted by Gasteiger charge is 2.26. The van der Waals surface area contributed by atoms with Gasteiger partial charge in [0.2, 0.25) is 5.91 Å². The van der Waals surface area contributed by atoms with Crippen LogP contribution in [0.2, 0.25) is 0 Å². The van der Waals surface area contributed by atoms with Gasteiger partial charge in [0.25, 0.3) is 5.91 Å². The minimum absolute atomic E-state index is 0.0134. The number of hydrogen-bond acceptors (Lipinski definition) is 3. The number of fused-ring (bicyclic) bond motifs is 1. The van der Waals surface area contributed by atoms with Crippen molar-refractivity contribution < 1.29 is 9.59 Å². The standard InChI is InChI=1S/C29H39N3O2/c1-3-5-11-22(4-2)28(33)30-25-14-15-27(26(20-25)29(34)31-17-9-6-10-18-31)32-19-16-23-12-7-8-13-24(23)21-32/h7-8,12-15,20,22H,3-6,9-11,16-19,21H2,1-2H3,(H,30,33). The van der Waals surface area contributed by atoms with Crippen LogP contribution in [0.5, 0.6) is 0 Å². The van der Waals surface area contributed by atoms with Crippen LogP contribution in [0.15, 0.2) is 42.5 Å². The zero-order chi connectivity index (χ0) is 23.9. The summed E-state index contributed by atoms with van der Waals surface area (Å²) in [6.07, 6.45) is 8.16. The zero-order valence-electron chi connectivity index (χ0n) is 20.8. The molecular weight excluding hydrogens is 422 g/mol. The fraction of sp³-hybridized carbons (Fsp3) is 0.517. The molecule has 0 bridgehead atoms. The van der Waals surface area contributed by atoms with Gasteiger partial charge in [0.05, 0.1) is 5.56 Å². The van der Waals surface area contributed by atoms with Crippen molar-refractivity contribution in [3.63, 3.8) is 0 Å². The van der Waals surface area contributed by atoms with Crippen molar-refractivity contribution in [3.8, 4) is 0 Å². The minimum Gasteiger partial charge on any atom is -0.366 e. The fourth-order valence-corrected chi connectivity index (χ4v) is 5.25. The molecule has 5 heteroatoms. The van der Waals surface area contributed by atoms with Gasteiger partial charge in [-0.05, 0) is 67.9 Å². The van der Waals surface area contributed by atoms with E-state index in [0.717, 1.165) is 82.5 Å². The van der Waals surface area contributed by atoms with Crippen LogP contribution in [0.25, 0.3) is 0 Å². The summed E-state index contributed by atoms with van der Waals surface area (Å²) in [4.78, 5) is 30.9. The van der Waals surface area contributed by atoms with E-state index in [4.69, 9.17) is 0 Å². The molecule has 2 aliphatic heterocycles. The molecule has 2 aromatic rings. The number of rotatable bonds is 8. The van der Waals surface area contributed by atoms with Gasteiger partial charge in [-0.3, -0.25) is 9.59 Å². The van der Waals surface area contributed by atoms with Gasteiger partial charge in [-0.15, -0.1) is 0 Å². The van der Waals surface area contributed by atoms with Crippen molar-refractivity contribution >= 4 is 23.2 Å². The van der Waals surface area contributed by atoms with Crippen molar-refractivity contribution in [1.82, 2.24) is 4.90 Å². The van der Waals surface area contributed by atoms with E-state index in [2.05, 4.69) is 48.3 Å². The summed E-state index contributed by atoms with van der Waals surface area (Å²) in [6, 6.07) is 14.5. The number of unbranched alkanes of at least 4 members (excludes halogenated alkanes) is 1. The molecule has 4 rings (SSSR count). The first-order valence-corrected chi connectivity index (χ1v) is 13.2. The first-order chi connectivity index (χ1) is 16.6. The predicted octanol–water partition coefficient (Wildman–Crippen LogP) is 6.03. The summed E-state index contributed by atoms with van der Waals surface area (Å²) in [5, 5.41) is 3.12. The molecule has 1 saturated heterocycles. The van der Waals surface area contributed by atoms with Crippen LogP contribution in [-0.2, 0) is 17.8 Å². The maximum atomic E-state index is 13.7. The Hall–Kier alpha value is -2.82. The molecule has 1 N–H and O–H groups in total. The van der Waals surface area contributed by atoms with Gasteiger partial charge in [-0.2, -0.15) is 0 Å². The van der Waals surface area contributed by atoms with E-state index in [1.807, 2.05) is 23.1 Å². The molecule has 2 aliphatic rings. The fourth-order valence-electron chi connectivity index (χ4n) is 5.25. The molecule has 0 aromatic heterocycles. The predicted molar refractivity (Wildman–Crippen MR) is 139 cm³/mol. The number of carbonyl (C=O) groups is 2. The second-order valence-corrected chi connectivity index (χ2v) is 9.76. The number of piperidine rings is 1. The molecule has 0 radical (unpaired) electrons. The number of anilines is 2. The Labute approximate surface area is 204 Å². The van der Waals surface area contributed by atoms with Crippen LogP contribution in [0.1, 0.15) is 80.3 Å². The smallest absolute Gasteiger partial charge is 0.256 e. The van der Waals surface area contributed by atoms with Crippen LogP contribution in [0.3, 0.4) is 0 Å². The molecule has 2 heterocycles. The molecule has 1 unspecified atom stereocenters. The van der Waals surface area contributed by atoms with E-state index in [1.54, 1.807) is 0 Å². The minimum atomic E-state index is 0.0134. The number of nitrogens with one attached hydrogen (secondary N) is 1. The SMILES string of the molecule is CCCCC(CC)C(=O)Nc1ccc(N2CCc3ccccc3C2)c(C(=O)N2CCCCC2)c1. The first kappa shape index (κ1) is 24.3. The molecule has 1 fully saturated rings. The summed E-state index contributed by atoms with van der Waals surface area (Å²) in [5.41, 5.74) is 5.12. The highest BCUT2D eigenvalue weighted by Crippen LogP contribution is 2.31. The van der Waals surface area contributed by atoms with E-state index in [0.29, 0.717) is 5.56 Å².